The van der Waals surface area contributed by atoms with Crippen LogP contribution in [0.5, 0.6) is 5.75 Å². The lowest BCUT2D eigenvalue weighted by Gasteiger charge is -2.22. The number of nitrogens with one attached hydrogen (secondary N) is 3. The van der Waals surface area contributed by atoms with Crippen molar-refractivity contribution in [2.45, 2.75) is 25.8 Å². The van der Waals surface area contributed by atoms with Gasteiger partial charge in [0.15, 0.2) is 0 Å². The van der Waals surface area contributed by atoms with Gasteiger partial charge in [0.05, 0.1) is 7.11 Å². The summed E-state index contributed by atoms with van der Waals surface area (Å²) < 4.78 is 5.11. The van der Waals surface area contributed by atoms with Crippen molar-refractivity contribution in [2.24, 2.45) is 0 Å². The Bertz CT molecular complexity index is 640. The number of carbonyl (C=O) groups is 4. The first-order valence-electron chi connectivity index (χ1n) is 6.50. The maximum atomic E-state index is 12.4. The van der Waals surface area contributed by atoms with Crippen LogP contribution in [0.1, 0.15) is 30.1 Å². The lowest BCUT2D eigenvalue weighted by molar-refractivity contribution is -0.134. The molecule has 2 rings (SSSR count). The smallest absolute Gasteiger partial charge is 0.258 e. The molecule has 9 heteroatoms. The molecule has 3 N–H and O–H groups in total. The minimum Gasteiger partial charge on any atom is -0.495 e. The number of carbonyl (C=O) groups excluding carboxylic acids is 4. The number of hydrogen-bond acceptors (Lipinski definition) is 6. The largest absolute Gasteiger partial charge is 0.495 e. The molecule has 2 heterocycles. The Kier molecular flexibility index (Phi) is 4.76. The van der Waals surface area contributed by atoms with E-state index in [2.05, 4.69) is 16.0 Å². The molecule has 0 spiro atoms. The van der Waals surface area contributed by atoms with Gasteiger partial charge in [-0.2, -0.15) is 0 Å². The molecule has 1 aliphatic heterocycles. The van der Waals surface area contributed by atoms with E-state index in [1.54, 1.807) is 5.38 Å². The zero-order valence-electron chi connectivity index (χ0n) is 12.0. The SMILES string of the molecule is COc1csc(NC(C)=O)c1C(=O)NC1CCC(=O)NC1=O. The highest BCUT2D eigenvalue weighted by Gasteiger charge is 2.30. The van der Waals surface area contributed by atoms with Crippen LogP contribution in [0.2, 0.25) is 0 Å². The second-order valence-corrected chi connectivity index (χ2v) is 5.55. The normalized spacial score (nSPS) is 17.6. The van der Waals surface area contributed by atoms with E-state index >= 15 is 0 Å². The summed E-state index contributed by atoms with van der Waals surface area (Å²) in [5.74, 6) is -1.46. The van der Waals surface area contributed by atoms with Crippen LogP contribution < -0.4 is 20.7 Å². The summed E-state index contributed by atoms with van der Waals surface area (Å²) in [4.78, 5) is 46.3. The number of imide groups is 1. The van der Waals surface area contributed by atoms with Gasteiger partial charge in [-0.05, 0) is 6.42 Å². The number of piperidine rings is 1. The van der Waals surface area contributed by atoms with E-state index in [-0.39, 0.29) is 30.2 Å². The Morgan fingerprint density at radius 3 is 2.73 bits per heavy atom. The number of thiophene rings is 1. The van der Waals surface area contributed by atoms with Crippen LogP contribution in [0.3, 0.4) is 0 Å². The molecular weight excluding hydrogens is 310 g/mol. The Balaban J connectivity index is 2.18. The number of rotatable bonds is 4. The monoisotopic (exact) mass is 325 g/mol. The first-order valence-corrected chi connectivity index (χ1v) is 7.38. The fourth-order valence-electron chi connectivity index (χ4n) is 2.02. The van der Waals surface area contributed by atoms with Gasteiger partial charge in [-0.1, -0.05) is 0 Å². The van der Waals surface area contributed by atoms with Crippen LogP contribution in [-0.4, -0.2) is 36.8 Å². The molecule has 0 radical (unpaired) electrons. The van der Waals surface area contributed by atoms with Gasteiger partial charge in [0.1, 0.15) is 22.4 Å². The number of amides is 4. The molecule has 1 aromatic rings. The van der Waals surface area contributed by atoms with E-state index in [1.807, 2.05) is 0 Å². The van der Waals surface area contributed by atoms with Gasteiger partial charge in [0.25, 0.3) is 5.91 Å². The van der Waals surface area contributed by atoms with Gasteiger partial charge in [-0.15, -0.1) is 11.3 Å². The van der Waals surface area contributed by atoms with E-state index in [9.17, 15) is 19.2 Å². The van der Waals surface area contributed by atoms with Crippen molar-refractivity contribution in [3.05, 3.63) is 10.9 Å². The molecule has 1 atom stereocenters. The van der Waals surface area contributed by atoms with Crippen molar-refractivity contribution >= 4 is 40.0 Å². The first-order chi connectivity index (χ1) is 10.4. The van der Waals surface area contributed by atoms with E-state index in [4.69, 9.17) is 4.74 Å². The molecule has 0 bridgehead atoms. The van der Waals surface area contributed by atoms with Gasteiger partial charge >= 0.3 is 0 Å². The standard InChI is InChI=1S/C13H15N3O5S/c1-6(17)14-13-10(8(21-2)5-22-13)12(20)15-7-3-4-9(18)16-11(7)19/h5,7H,3-4H2,1-2H3,(H,14,17)(H,15,20)(H,16,18,19). The Morgan fingerprint density at radius 1 is 1.41 bits per heavy atom. The first kappa shape index (κ1) is 16.0. The van der Waals surface area contributed by atoms with Crippen molar-refractivity contribution in [1.82, 2.24) is 10.6 Å². The van der Waals surface area contributed by atoms with Crippen LogP contribution in [0.15, 0.2) is 5.38 Å². The van der Waals surface area contributed by atoms with Crippen molar-refractivity contribution in [1.29, 1.82) is 0 Å². The number of hydrogen-bond donors (Lipinski definition) is 3. The van der Waals surface area contributed by atoms with Crippen molar-refractivity contribution in [2.75, 3.05) is 12.4 Å². The van der Waals surface area contributed by atoms with E-state index in [1.165, 1.54) is 14.0 Å². The third-order valence-electron chi connectivity index (χ3n) is 3.04. The molecule has 22 heavy (non-hydrogen) atoms. The van der Waals surface area contributed by atoms with E-state index < -0.39 is 17.9 Å². The highest BCUT2D eigenvalue weighted by Crippen LogP contribution is 2.34. The highest BCUT2D eigenvalue weighted by atomic mass is 32.1. The van der Waals surface area contributed by atoms with Crippen molar-refractivity contribution in [3.63, 3.8) is 0 Å². The summed E-state index contributed by atoms with van der Waals surface area (Å²) in [7, 11) is 1.41. The Labute approximate surface area is 130 Å². The van der Waals surface area contributed by atoms with Gasteiger partial charge in [0.2, 0.25) is 17.7 Å². The summed E-state index contributed by atoms with van der Waals surface area (Å²) in [6, 6.07) is -0.792. The van der Waals surface area contributed by atoms with Gasteiger partial charge in [-0.3, -0.25) is 24.5 Å². The molecule has 0 aromatic carbocycles. The maximum Gasteiger partial charge on any atom is 0.258 e. The molecule has 1 aromatic heterocycles. The lowest BCUT2D eigenvalue weighted by Crippen LogP contribution is -2.52. The highest BCUT2D eigenvalue weighted by molar-refractivity contribution is 7.15. The predicted octanol–water partition coefficient (Wildman–Crippen LogP) is 0.250. The predicted molar refractivity (Wildman–Crippen MR) is 78.8 cm³/mol. The van der Waals surface area contributed by atoms with Gasteiger partial charge in [0, 0.05) is 18.7 Å². The number of methoxy groups -OCH3 is 1. The summed E-state index contributed by atoms with van der Waals surface area (Å²) in [6.07, 6.45) is 0.397. The van der Waals surface area contributed by atoms with Crippen molar-refractivity contribution < 1.29 is 23.9 Å². The van der Waals surface area contributed by atoms with E-state index in [0.29, 0.717) is 10.8 Å². The molecule has 1 fully saturated rings. The number of anilines is 1. The molecule has 0 aliphatic carbocycles. The average molecular weight is 325 g/mol. The number of ether oxygens (including phenoxy) is 1. The topological polar surface area (TPSA) is 114 Å². The van der Waals surface area contributed by atoms with Crippen LogP contribution in [0.4, 0.5) is 5.00 Å². The molecular formula is C13H15N3O5S. The van der Waals surface area contributed by atoms with Crippen LogP contribution in [-0.2, 0) is 14.4 Å². The minimum atomic E-state index is -0.792. The fourth-order valence-corrected chi connectivity index (χ4v) is 2.97. The quantitative estimate of drug-likeness (QED) is 0.687. The second-order valence-electron chi connectivity index (χ2n) is 4.67. The maximum absolute atomic E-state index is 12.4. The molecule has 118 valence electrons. The molecule has 1 unspecified atom stereocenters. The molecule has 1 saturated heterocycles. The summed E-state index contributed by atoms with van der Waals surface area (Å²) in [5.41, 5.74) is 0.160. The van der Waals surface area contributed by atoms with Gasteiger partial charge in [-0.25, -0.2) is 0 Å². The van der Waals surface area contributed by atoms with Crippen LogP contribution >= 0.6 is 11.3 Å². The third-order valence-corrected chi connectivity index (χ3v) is 3.91. The molecule has 8 nitrogen and oxygen atoms in total. The summed E-state index contributed by atoms with van der Waals surface area (Å²) in [6.45, 7) is 1.33. The molecule has 1 aliphatic rings. The molecule has 4 amide bonds. The molecule has 0 saturated carbocycles. The van der Waals surface area contributed by atoms with Crippen LogP contribution in [0.25, 0.3) is 0 Å². The average Bonchev–Trinajstić information content (AvgIpc) is 2.83. The zero-order valence-corrected chi connectivity index (χ0v) is 12.8. The van der Waals surface area contributed by atoms with Crippen molar-refractivity contribution in [3.8, 4) is 5.75 Å². The van der Waals surface area contributed by atoms with Crippen LogP contribution in [0, 0.1) is 0 Å². The summed E-state index contributed by atoms with van der Waals surface area (Å²) >= 11 is 1.15. The lowest BCUT2D eigenvalue weighted by atomic mass is 10.1. The third kappa shape index (κ3) is 3.42. The minimum absolute atomic E-state index is 0.160. The zero-order chi connectivity index (χ0) is 16.3. The fraction of sp³-hybridized carbons (Fsp3) is 0.385. The second kappa shape index (κ2) is 6.56. The van der Waals surface area contributed by atoms with E-state index in [0.717, 1.165) is 11.3 Å². The summed E-state index contributed by atoms with van der Waals surface area (Å²) in [5, 5.41) is 9.19. The Hall–Kier alpha value is -2.42. The Morgan fingerprint density at radius 2 is 2.14 bits per heavy atom. The van der Waals surface area contributed by atoms with Gasteiger partial charge < -0.3 is 15.4 Å².